The van der Waals surface area contributed by atoms with Gasteiger partial charge in [-0.1, -0.05) is 6.07 Å². The van der Waals surface area contributed by atoms with Gasteiger partial charge in [-0.25, -0.2) is 4.39 Å². The molecule has 2 rings (SSSR count). The number of nitrogens with zero attached hydrogens (tertiary/aromatic N) is 2. The van der Waals surface area contributed by atoms with Gasteiger partial charge < -0.3 is 15.5 Å². The van der Waals surface area contributed by atoms with Gasteiger partial charge in [0.2, 0.25) is 0 Å². The highest BCUT2D eigenvalue weighted by atomic mass is 19.1. The summed E-state index contributed by atoms with van der Waals surface area (Å²) in [6.07, 6.45) is 2.66. The molecule has 1 aromatic carbocycles. The second kappa shape index (κ2) is 6.98. The van der Waals surface area contributed by atoms with E-state index in [1.807, 2.05) is 6.07 Å². The number of nitrogens with two attached hydrogens (primary N) is 1. The minimum atomic E-state index is -0.205. The lowest BCUT2D eigenvalue weighted by molar-refractivity contribution is 0.252. The zero-order valence-corrected chi connectivity index (χ0v) is 11.7. The Kier molecular flexibility index (Phi) is 5.31. The van der Waals surface area contributed by atoms with Crippen molar-refractivity contribution in [2.24, 2.45) is 5.73 Å². The molecule has 106 valence electrons. The third kappa shape index (κ3) is 4.27. The highest BCUT2D eigenvalue weighted by molar-refractivity contribution is 5.27. The second-order valence-electron chi connectivity index (χ2n) is 5.40. The van der Waals surface area contributed by atoms with Crippen molar-refractivity contribution < 1.29 is 4.39 Å². The van der Waals surface area contributed by atoms with Gasteiger partial charge in [0, 0.05) is 26.2 Å². The molecular formula is C15H24FN3. The van der Waals surface area contributed by atoms with Crippen molar-refractivity contribution >= 4 is 0 Å². The number of likely N-dealkylation sites (N-methyl/N-ethyl adjacent to an activating group) is 1. The SMILES string of the molecule is CN(CCN1CCCC1)Cc1ccc(F)cc1CN. The van der Waals surface area contributed by atoms with Crippen LogP contribution in [0, 0.1) is 5.82 Å². The van der Waals surface area contributed by atoms with E-state index in [1.165, 1.54) is 32.0 Å². The molecule has 0 aromatic heterocycles. The second-order valence-corrected chi connectivity index (χ2v) is 5.40. The summed E-state index contributed by atoms with van der Waals surface area (Å²) in [5.41, 5.74) is 7.72. The Morgan fingerprint density at radius 1 is 1.26 bits per heavy atom. The van der Waals surface area contributed by atoms with E-state index in [0.717, 1.165) is 30.8 Å². The van der Waals surface area contributed by atoms with Gasteiger partial charge in [-0.3, -0.25) is 0 Å². The lowest BCUT2D eigenvalue weighted by atomic mass is 10.1. The number of hydrogen-bond acceptors (Lipinski definition) is 3. The number of benzene rings is 1. The average molecular weight is 265 g/mol. The van der Waals surface area contributed by atoms with Crippen LogP contribution in [0.5, 0.6) is 0 Å². The smallest absolute Gasteiger partial charge is 0.123 e. The summed E-state index contributed by atoms with van der Waals surface area (Å²) in [4.78, 5) is 4.79. The van der Waals surface area contributed by atoms with E-state index >= 15 is 0 Å². The van der Waals surface area contributed by atoms with Crippen molar-refractivity contribution in [1.29, 1.82) is 0 Å². The average Bonchev–Trinajstić information content (AvgIpc) is 2.91. The highest BCUT2D eigenvalue weighted by Crippen LogP contribution is 2.13. The maximum Gasteiger partial charge on any atom is 0.123 e. The van der Waals surface area contributed by atoms with E-state index in [2.05, 4.69) is 16.8 Å². The molecule has 1 saturated heterocycles. The summed E-state index contributed by atoms with van der Waals surface area (Å²) in [5, 5.41) is 0. The van der Waals surface area contributed by atoms with Crippen molar-refractivity contribution in [2.75, 3.05) is 33.2 Å². The predicted octanol–water partition coefficient (Wildman–Crippen LogP) is 1.81. The van der Waals surface area contributed by atoms with Gasteiger partial charge in [0.05, 0.1) is 0 Å². The Balaban J connectivity index is 1.85. The summed E-state index contributed by atoms with van der Waals surface area (Å²) in [5.74, 6) is -0.205. The normalized spacial score (nSPS) is 16.4. The standard InChI is InChI=1S/C15H24FN3/c1-18(8-9-19-6-2-3-7-19)12-13-4-5-15(16)10-14(13)11-17/h4-5,10H,2-3,6-9,11-12,17H2,1H3. The summed E-state index contributed by atoms with van der Waals surface area (Å²) in [7, 11) is 2.11. The predicted molar refractivity (Wildman–Crippen MR) is 76.3 cm³/mol. The first-order valence-electron chi connectivity index (χ1n) is 7.07. The van der Waals surface area contributed by atoms with E-state index in [0.29, 0.717) is 6.54 Å². The molecule has 0 aliphatic carbocycles. The topological polar surface area (TPSA) is 32.5 Å². The van der Waals surface area contributed by atoms with Gasteiger partial charge in [0.15, 0.2) is 0 Å². The summed E-state index contributed by atoms with van der Waals surface area (Å²) in [6, 6.07) is 4.91. The first-order chi connectivity index (χ1) is 9.19. The van der Waals surface area contributed by atoms with Gasteiger partial charge in [0.25, 0.3) is 0 Å². The van der Waals surface area contributed by atoms with Crippen LogP contribution in [-0.4, -0.2) is 43.0 Å². The third-order valence-electron chi connectivity index (χ3n) is 3.83. The Hall–Kier alpha value is -0.970. The molecule has 0 unspecified atom stereocenters. The number of halogens is 1. The first kappa shape index (κ1) is 14.4. The quantitative estimate of drug-likeness (QED) is 0.851. The lowest BCUT2D eigenvalue weighted by Crippen LogP contribution is -2.31. The number of likely N-dealkylation sites (tertiary alicyclic amines) is 1. The fraction of sp³-hybridized carbons (Fsp3) is 0.600. The molecule has 2 N–H and O–H groups in total. The molecule has 1 aliphatic heterocycles. The van der Waals surface area contributed by atoms with E-state index in [4.69, 9.17) is 5.73 Å². The van der Waals surface area contributed by atoms with Crippen LogP contribution < -0.4 is 5.73 Å². The maximum absolute atomic E-state index is 13.1. The fourth-order valence-corrected chi connectivity index (χ4v) is 2.63. The minimum Gasteiger partial charge on any atom is -0.326 e. The monoisotopic (exact) mass is 265 g/mol. The zero-order chi connectivity index (χ0) is 13.7. The third-order valence-corrected chi connectivity index (χ3v) is 3.83. The van der Waals surface area contributed by atoms with Gasteiger partial charge >= 0.3 is 0 Å². The van der Waals surface area contributed by atoms with E-state index in [9.17, 15) is 4.39 Å². The molecule has 1 aliphatic rings. The first-order valence-corrected chi connectivity index (χ1v) is 7.07. The molecule has 0 amide bonds. The lowest BCUT2D eigenvalue weighted by Gasteiger charge is -2.22. The molecule has 4 heteroatoms. The Labute approximate surface area is 115 Å². The largest absolute Gasteiger partial charge is 0.326 e. The molecule has 0 saturated carbocycles. The van der Waals surface area contributed by atoms with Crippen LogP contribution in [-0.2, 0) is 13.1 Å². The molecule has 19 heavy (non-hydrogen) atoms. The Morgan fingerprint density at radius 3 is 2.68 bits per heavy atom. The van der Waals surface area contributed by atoms with Crippen molar-refractivity contribution in [2.45, 2.75) is 25.9 Å². The van der Waals surface area contributed by atoms with Crippen molar-refractivity contribution in [3.63, 3.8) is 0 Å². The van der Waals surface area contributed by atoms with Crippen LogP contribution in [0.1, 0.15) is 24.0 Å². The molecule has 0 atom stereocenters. The van der Waals surface area contributed by atoms with Gasteiger partial charge in [-0.15, -0.1) is 0 Å². The van der Waals surface area contributed by atoms with Crippen LogP contribution in [0.4, 0.5) is 4.39 Å². The van der Waals surface area contributed by atoms with Crippen LogP contribution in [0.3, 0.4) is 0 Å². The van der Waals surface area contributed by atoms with Crippen LogP contribution in [0.2, 0.25) is 0 Å². The Morgan fingerprint density at radius 2 is 2.00 bits per heavy atom. The van der Waals surface area contributed by atoms with Gasteiger partial charge in [0.1, 0.15) is 5.82 Å². The van der Waals surface area contributed by atoms with Crippen LogP contribution in [0.25, 0.3) is 0 Å². The molecule has 0 spiro atoms. The molecule has 1 aromatic rings. The van der Waals surface area contributed by atoms with Crippen molar-refractivity contribution in [3.05, 3.63) is 35.1 Å². The zero-order valence-electron chi connectivity index (χ0n) is 11.7. The van der Waals surface area contributed by atoms with Crippen LogP contribution in [0.15, 0.2) is 18.2 Å². The minimum absolute atomic E-state index is 0.205. The molecule has 0 radical (unpaired) electrons. The summed E-state index contributed by atoms with van der Waals surface area (Å²) >= 11 is 0. The number of hydrogen-bond donors (Lipinski definition) is 1. The van der Waals surface area contributed by atoms with Gasteiger partial charge in [-0.2, -0.15) is 0 Å². The number of rotatable bonds is 6. The van der Waals surface area contributed by atoms with Crippen LogP contribution >= 0.6 is 0 Å². The summed E-state index contributed by atoms with van der Waals surface area (Å²) in [6.45, 7) is 5.86. The summed E-state index contributed by atoms with van der Waals surface area (Å²) < 4.78 is 13.1. The molecule has 1 fully saturated rings. The van der Waals surface area contributed by atoms with Crippen molar-refractivity contribution in [3.8, 4) is 0 Å². The van der Waals surface area contributed by atoms with E-state index < -0.39 is 0 Å². The van der Waals surface area contributed by atoms with E-state index in [1.54, 1.807) is 6.07 Å². The van der Waals surface area contributed by atoms with E-state index in [-0.39, 0.29) is 5.82 Å². The molecule has 0 bridgehead atoms. The molecule has 1 heterocycles. The maximum atomic E-state index is 13.1. The fourth-order valence-electron chi connectivity index (χ4n) is 2.63. The Bertz CT molecular complexity index is 402. The highest BCUT2D eigenvalue weighted by Gasteiger charge is 2.12. The van der Waals surface area contributed by atoms with Crippen molar-refractivity contribution in [1.82, 2.24) is 9.80 Å². The van der Waals surface area contributed by atoms with Gasteiger partial charge in [-0.05, 0) is 56.2 Å². The molecular weight excluding hydrogens is 241 g/mol. The molecule has 3 nitrogen and oxygen atoms in total.